The highest BCUT2D eigenvalue weighted by Gasteiger charge is 2.32. The number of anilines is 2. The summed E-state index contributed by atoms with van der Waals surface area (Å²) in [7, 11) is 0. The number of halogens is 8. The summed E-state index contributed by atoms with van der Waals surface area (Å²) in [6, 6.07) is 3.25. The average Bonchev–Trinajstić information content (AvgIpc) is 3.46. The Hall–Kier alpha value is -3.01. The minimum Gasteiger partial charge on any atom is -0.443 e. The third kappa shape index (κ3) is 10.1. The molecule has 0 saturated heterocycles. The summed E-state index contributed by atoms with van der Waals surface area (Å²) < 4.78 is 84.0. The molecule has 0 unspecified atom stereocenters. The molecular weight excluding hydrogens is 690 g/mol. The first-order valence-corrected chi connectivity index (χ1v) is 13.6. The third-order valence-electron chi connectivity index (χ3n) is 5.14. The molecule has 16 heteroatoms. The van der Waals surface area contributed by atoms with Crippen LogP contribution >= 0.6 is 31.9 Å². The Kier molecular flexibility index (Phi) is 10.2. The minimum atomic E-state index is -4.39. The van der Waals surface area contributed by atoms with Crippen LogP contribution in [-0.2, 0) is 4.74 Å². The van der Waals surface area contributed by atoms with Crippen molar-refractivity contribution in [1.29, 1.82) is 0 Å². The molecule has 0 radical (unpaired) electrons. The largest absolute Gasteiger partial charge is 0.443 e. The molecule has 0 bridgehead atoms. The number of carbonyl (C=O) groups excluding carboxylic acids is 1. The lowest BCUT2D eigenvalue weighted by molar-refractivity contribution is -0.132. The summed E-state index contributed by atoms with van der Waals surface area (Å²) in [5.41, 5.74) is 0.966. The fraction of sp³-hybridized carbons (Fsp3) is 0.400. The molecule has 4 heterocycles. The Bertz CT molecular complexity index is 1480. The smallest absolute Gasteiger partial charge is 0.414 e. The van der Waals surface area contributed by atoms with Gasteiger partial charge in [-0.05, 0) is 64.8 Å². The molecule has 0 spiro atoms. The van der Waals surface area contributed by atoms with E-state index in [0.29, 0.717) is 21.5 Å². The van der Waals surface area contributed by atoms with Gasteiger partial charge >= 0.3 is 18.4 Å². The number of ether oxygens (including phenoxy) is 1. The first-order chi connectivity index (χ1) is 18.9. The molecular formula is C25H26Br2F6N6O2. The monoisotopic (exact) mass is 714 g/mol. The van der Waals surface area contributed by atoms with E-state index >= 15 is 0 Å². The summed E-state index contributed by atoms with van der Waals surface area (Å²) in [6.45, 7) is 4.23. The zero-order valence-electron chi connectivity index (χ0n) is 22.0. The van der Waals surface area contributed by atoms with Crippen LogP contribution in [0.2, 0.25) is 0 Å². The van der Waals surface area contributed by atoms with Gasteiger partial charge in [-0.15, -0.1) is 0 Å². The molecule has 0 fully saturated rings. The lowest BCUT2D eigenvalue weighted by Crippen LogP contribution is -2.39. The van der Waals surface area contributed by atoms with Crippen LogP contribution in [0.1, 0.15) is 33.6 Å². The topological polar surface area (TPSA) is 76.2 Å². The number of nitrogens with zero attached hydrogens (tertiary/aromatic N) is 5. The highest BCUT2D eigenvalue weighted by Crippen LogP contribution is 2.29. The molecule has 0 aliphatic rings. The quantitative estimate of drug-likeness (QED) is 0.204. The molecule has 0 atom stereocenters. The zero-order chi connectivity index (χ0) is 30.6. The van der Waals surface area contributed by atoms with Gasteiger partial charge in [-0.3, -0.25) is 4.90 Å². The van der Waals surface area contributed by atoms with Gasteiger partial charge in [0.15, 0.2) is 11.3 Å². The first-order valence-electron chi connectivity index (χ1n) is 12.0. The molecule has 0 saturated carbocycles. The second-order valence-corrected chi connectivity index (χ2v) is 11.6. The molecule has 224 valence electrons. The maximum absolute atomic E-state index is 12.7. The van der Waals surface area contributed by atoms with Gasteiger partial charge in [0.2, 0.25) is 0 Å². The molecule has 1 amide bonds. The minimum absolute atomic E-state index is 0.164. The van der Waals surface area contributed by atoms with Crippen LogP contribution in [0, 0.1) is 0 Å². The molecule has 8 nitrogen and oxygen atoms in total. The van der Waals surface area contributed by atoms with Crippen LogP contribution in [0.3, 0.4) is 0 Å². The Morgan fingerprint density at radius 2 is 1.44 bits per heavy atom. The Labute approximate surface area is 247 Å². The molecule has 41 heavy (non-hydrogen) atoms. The van der Waals surface area contributed by atoms with E-state index in [1.165, 1.54) is 6.20 Å². The van der Waals surface area contributed by atoms with Crippen molar-refractivity contribution in [3.05, 3.63) is 58.3 Å². The van der Waals surface area contributed by atoms with Crippen molar-refractivity contribution in [2.45, 2.75) is 51.6 Å². The number of nitrogens with one attached hydrogen (secondary N) is 1. The second kappa shape index (κ2) is 12.9. The van der Waals surface area contributed by atoms with Gasteiger partial charge < -0.3 is 18.9 Å². The number of carbonyl (C=O) groups is 1. The van der Waals surface area contributed by atoms with Crippen molar-refractivity contribution < 1.29 is 35.9 Å². The van der Waals surface area contributed by atoms with Gasteiger partial charge in [-0.1, -0.05) is 0 Å². The van der Waals surface area contributed by atoms with Gasteiger partial charge in [0.25, 0.3) is 0 Å². The van der Waals surface area contributed by atoms with Crippen LogP contribution in [0.15, 0.2) is 58.3 Å². The number of aromatic nitrogens is 4. The summed E-state index contributed by atoms with van der Waals surface area (Å²) in [5.74, 6) is 0. The summed E-state index contributed by atoms with van der Waals surface area (Å²) >= 11 is 6.58. The lowest BCUT2D eigenvalue weighted by atomic mass is 10.2. The fourth-order valence-corrected chi connectivity index (χ4v) is 4.40. The molecule has 0 aliphatic heterocycles. The maximum Gasteiger partial charge on any atom is 0.414 e. The van der Waals surface area contributed by atoms with Crippen molar-refractivity contribution in [2.24, 2.45) is 0 Å². The van der Waals surface area contributed by atoms with Crippen LogP contribution in [0.5, 0.6) is 0 Å². The standard InChI is InChI=1S/C15H17BrF3N3O2.C10H9BrF3N3/c1-14(2,3)24-13(23)22(6-4-15(17,18)19)11-8-10(16)9-21-7-5-20-12(11)21;11-7-5-8(15-2-1-10(12,13)14)9-16-3-4-17(9)6-7/h5,7-9H,4,6H2,1-3H3;3-6,15H,1-2H2. The van der Waals surface area contributed by atoms with E-state index in [4.69, 9.17) is 4.74 Å². The fourth-order valence-electron chi connectivity index (χ4n) is 3.51. The highest BCUT2D eigenvalue weighted by atomic mass is 79.9. The molecule has 0 aliphatic carbocycles. The van der Waals surface area contributed by atoms with Crippen LogP contribution in [0.4, 0.5) is 42.5 Å². The number of rotatable bonds is 6. The van der Waals surface area contributed by atoms with Crippen molar-refractivity contribution in [2.75, 3.05) is 23.3 Å². The van der Waals surface area contributed by atoms with Gasteiger partial charge in [0, 0.05) is 59.2 Å². The Morgan fingerprint density at radius 1 is 0.902 bits per heavy atom. The SMILES string of the molecule is CC(C)(C)OC(=O)N(CCC(F)(F)F)c1cc(Br)cn2ccnc12.FC(F)(F)CCNc1cc(Br)cn2ccnc12. The molecule has 0 aromatic carbocycles. The summed E-state index contributed by atoms with van der Waals surface area (Å²) in [4.78, 5) is 21.6. The third-order valence-corrected chi connectivity index (χ3v) is 6.00. The van der Waals surface area contributed by atoms with Gasteiger partial charge in [-0.2, -0.15) is 26.3 Å². The predicted octanol–water partition coefficient (Wildman–Crippen LogP) is 8.25. The van der Waals surface area contributed by atoms with Crippen molar-refractivity contribution in [3.8, 4) is 0 Å². The molecule has 4 aromatic heterocycles. The van der Waals surface area contributed by atoms with E-state index in [0.717, 1.165) is 9.37 Å². The van der Waals surface area contributed by atoms with Crippen LogP contribution < -0.4 is 10.2 Å². The average molecular weight is 716 g/mol. The number of pyridine rings is 2. The highest BCUT2D eigenvalue weighted by molar-refractivity contribution is 9.10. The van der Waals surface area contributed by atoms with E-state index in [1.807, 2.05) is 0 Å². The number of amides is 1. The second-order valence-electron chi connectivity index (χ2n) is 9.72. The van der Waals surface area contributed by atoms with E-state index in [9.17, 15) is 31.1 Å². The molecule has 4 aromatic rings. The number of hydrogen-bond acceptors (Lipinski definition) is 5. The summed E-state index contributed by atoms with van der Waals surface area (Å²) in [6.07, 6.45) is -1.45. The molecule has 4 rings (SSSR count). The molecule has 1 N–H and O–H groups in total. The van der Waals surface area contributed by atoms with Gasteiger partial charge in [-0.25, -0.2) is 14.8 Å². The van der Waals surface area contributed by atoms with E-state index in [2.05, 4.69) is 47.1 Å². The Morgan fingerprint density at radius 3 is 2.00 bits per heavy atom. The van der Waals surface area contributed by atoms with Crippen LogP contribution in [-0.4, -0.2) is 55.9 Å². The van der Waals surface area contributed by atoms with E-state index in [1.54, 1.807) is 72.7 Å². The Balaban J connectivity index is 0.000000239. The first kappa shape index (κ1) is 32.5. The maximum atomic E-state index is 12.7. The number of imidazole rings is 2. The van der Waals surface area contributed by atoms with Crippen molar-refractivity contribution in [3.63, 3.8) is 0 Å². The van der Waals surface area contributed by atoms with Crippen LogP contribution in [0.25, 0.3) is 11.3 Å². The number of fused-ring (bicyclic) bond motifs is 2. The number of hydrogen-bond donors (Lipinski definition) is 1. The van der Waals surface area contributed by atoms with E-state index in [-0.39, 0.29) is 12.2 Å². The summed E-state index contributed by atoms with van der Waals surface area (Å²) in [5, 5.41) is 2.74. The van der Waals surface area contributed by atoms with Gasteiger partial charge in [0.1, 0.15) is 5.60 Å². The zero-order valence-corrected chi connectivity index (χ0v) is 25.2. The number of alkyl halides is 6. The van der Waals surface area contributed by atoms with E-state index < -0.39 is 43.4 Å². The predicted molar refractivity (Wildman–Crippen MR) is 149 cm³/mol. The van der Waals surface area contributed by atoms with Crippen molar-refractivity contribution >= 4 is 60.6 Å². The normalized spacial score (nSPS) is 12.3. The lowest BCUT2D eigenvalue weighted by Gasteiger charge is -2.28. The van der Waals surface area contributed by atoms with Gasteiger partial charge in [0.05, 0.1) is 24.2 Å². The van der Waals surface area contributed by atoms with Crippen molar-refractivity contribution in [1.82, 2.24) is 18.8 Å².